The predicted octanol–water partition coefficient (Wildman–Crippen LogP) is 3.72. The molecular formula is C20H22FN3O2S2. The number of thioether (sulfide) groups is 1. The van der Waals surface area contributed by atoms with Crippen molar-refractivity contribution < 1.29 is 9.18 Å². The van der Waals surface area contributed by atoms with E-state index in [0.717, 1.165) is 15.3 Å². The number of aromatic amines is 1. The molecule has 5 nitrogen and oxygen atoms in total. The monoisotopic (exact) mass is 419 g/mol. The van der Waals surface area contributed by atoms with Gasteiger partial charge in [-0.15, -0.1) is 11.3 Å². The number of hydrogen-bond donors (Lipinski definition) is 2. The average Bonchev–Trinajstić information content (AvgIpc) is 2.95. The van der Waals surface area contributed by atoms with Crippen molar-refractivity contribution in [3.8, 4) is 0 Å². The first kappa shape index (κ1) is 20.5. The van der Waals surface area contributed by atoms with Crippen molar-refractivity contribution >= 4 is 39.2 Å². The van der Waals surface area contributed by atoms with Crippen molar-refractivity contribution in [3.63, 3.8) is 0 Å². The molecule has 0 atom stereocenters. The van der Waals surface area contributed by atoms with Gasteiger partial charge in [0.1, 0.15) is 16.5 Å². The van der Waals surface area contributed by atoms with E-state index in [9.17, 15) is 14.0 Å². The van der Waals surface area contributed by atoms with E-state index in [0.29, 0.717) is 41.2 Å². The Morgan fingerprint density at radius 1 is 1.32 bits per heavy atom. The van der Waals surface area contributed by atoms with Crippen LogP contribution in [0.1, 0.15) is 28.2 Å². The van der Waals surface area contributed by atoms with Gasteiger partial charge >= 0.3 is 0 Å². The Balaban J connectivity index is 1.43. The van der Waals surface area contributed by atoms with Crippen LogP contribution in [0.4, 0.5) is 4.39 Å². The summed E-state index contributed by atoms with van der Waals surface area (Å²) in [4.78, 5) is 33.3. The third-order valence-corrected chi connectivity index (χ3v) is 6.57. The van der Waals surface area contributed by atoms with Gasteiger partial charge in [0.15, 0.2) is 0 Å². The van der Waals surface area contributed by atoms with E-state index >= 15 is 0 Å². The molecule has 0 unspecified atom stereocenters. The summed E-state index contributed by atoms with van der Waals surface area (Å²) in [6.45, 7) is 4.41. The summed E-state index contributed by atoms with van der Waals surface area (Å²) in [6, 6.07) is 6.70. The molecule has 148 valence electrons. The van der Waals surface area contributed by atoms with Crippen LogP contribution in [0, 0.1) is 19.7 Å². The normalized spacial score (nSPS) is 11.1. The number of halogens is 1. The fourth-order valence-electron chi connectivity index (χ4n) is 2.80. The lowest BCUT2D eigenvalue weighted by Crippen LogP contribution is -2.26. The summed E-state index contributed by atoms with van der Waals surface area (Å²) in [7, 11) is 0. The molecular weight excluding hydrogens is 397 g/mol. The van der Waals surface area contributed by atoms with E-state index in [1.807, 2.05) is 19.9 Å². The van der Waals surface area contributed by atoms with Crippen LogP contribution in [0.5, 0.6) is 0 Å². The molecule has 0 saturated carbocycles. The smallest absolute Gasteiger partial charge is 0.259 e. The lowest BCUT2D eigenvalue weighted by molar-refractivity contribution is -0.120. The number of rotatable bonds is 8. The first-order chi connectivity index (χ1) is 13.5. The van der Waals surface area contributed by atoms with Gasteiger partial charge in [0.25, 0.3) is 5.56 Å². The van der Waals surface area contributed by atoms with Crippen molar-refractivity contribution in [1.82, 2.24) is 15.3 Å². The first-order valence-corrected chi connectivity index (χ1v) is 11.0. The number of nitrogens with zero attached hydrogens (tertiary/aromatic N) is 1. The minimum absolute atomic E-state index is 0.0900. The van der Waals surface area contributed by atoms with Crippen molar-refractivity contribution in [1.29, 1.82) is 0 Å². The predicted molar refractivity (Wildman–Crippen MR) is 114 cm³/mol. The molecule has 0 aliphatic carbocycles. The van der Waals surface area contributed by atoms with Crippen LogP contribution in [0.15, 0.2) is 29.1 Å². The van der Waals surface area contributed by atoms with Crippen LogP contribution in [0.25, 0.3) is 10.2 Å². The van der Waals surface area contributed by atoms with E-state index in [1.54, 1.807) is 23.9 Å². The Bertz CT molecular complexity index is 1050. The number of amides is 1. The van der Waals surface area contributed by atoms with Gasteiger partial charge in [-0.05, 0) is 31.0 Å². The minimum Gasteiger partial charge on any atom is -0.355 e. The molecule has 0 spiro atoms. The number of thiophene rings is 1. The van der Waals surface area contributed by atoms with Crippen LogP contribution in [-0.4, -0.2) is 28.2 Å². The summed E-state index contributed by atoms with van der Waals surface area (Å²) in [6.07, 6.45) is 0.644. The quantitative estimate of drug-likeness (QED) is 0.546. The van der Waals surface area contributed by atoms with Gasteiger partial charge in [-0.2, -0.15) is 11.8 Å². The second-order valence-electron chi connectivity index (χ2n) is 6.47. The molecule has 3 rings (SSSR count). The Kier molecular flexibility index (Phi) is 6.85. The molecule has 1 aromatic carbocycles. The van der Waals surface area contributed by atoms with Crippen molar-refractivity contribution in [3.05, 3.63) is 62.3 Å². The zero-order chi connectivity index (χ0) is 20.1. The Hall–Kier alpha value is -2.19. The zero-order valence-electron chi connectivity index (χ0n) is 15.8. The molecule has 8 heteroatoms. The van der Waals surface area contributed by atoms with Gasteiger partial charge in [-0.25, -0.2) is 9.37 Å². The van der Waals surface area contributed by atoms with Gasteiger partial charge in [0.2, 0.25) is 5.91 Å². The van der Waals surface area contributed by atoms with Gasteiger partial charge in [0.05, 0.1) is 5.39 Å². The molecule has 0 fully saturated rings. The molecule has 1 amide bonds. The van der Waals surface area contributed by atoms with Crippen molar-refractivity contribution in [2.75, 3.05) is 12.3 Å². The maximum absolute atomic E-state index is 13.5. The number of H-pyrrole nitrogens is 1. The van der Waals surface area contributed by atoms with E-state index in [2.05, 4.69) is 15.3 Å². The third kappa shape index (κ3) is 4.99. The van der Waals surface area contributed by atoms with Crippen LogP contribution < -0.4 is 10.9 Å². The minimum atomic E-state index is -0.200. The van der Waals surface area contributed by atoms with Crippen molar-refractivity contribution in [2.45, 2.75) is 32.4 Å². The van der Waals surface area contributed by atoms with Crippen LogP contribution >= 0.6 is 23.1 Å². The number of aromatic nitrogens is 2. The average molecular weight is 420 g/mol. The summed E-state index contributed by atoms with van der Waals surface area (Å²) >= 11 is 3.07. The fourth-order valence-corrected chi connectivity index (χ4v) is 4.69. The molecule has 2 aromatic heterocycles. The molecule has 0 radical (unpaired) electrons. The Morgan fingerprint density at radius 2 is 2.11 bits per heavy atom. The molecule has 3 aromatic rings. The molecule has 0 aliphatic heterocycles. The van der Waals surface area contributed by atoms with Gasteiger partial charge in [-0.1, -0.05) is 18.2 Å². The van der Waals surface area contributed by atoms with Crippen molar-refractivity contribution in [2.24, 2.45) is 0 Å². The highest BCUT2D eigenvalue weighted by Crippen LogP contribution is 2.25. The van der Waals surface area contributed by atoms with E-state index in [-0.39, 0.29) is 23.7 Å². The van der Waals surface area contributed by atoms with Gasteiger partial charge in [-0.3, -0.25) is 9.59 Å². The number of benzene rings is 1. The van der Waals surface area contributed by atoms with Crippen LogP contribution in [-0.2, 0) is 17.0 Å². The van der Waals surface area contributed by atoms with E-state index < -0.39 is 0 Å². The van der Waals surface area contributed by atoms with Crippen LogP contribution in [0.2, 0.25) is 0 Å². The number of carbonyl (C=O) groups excluding carboxylic acids is 1. The second kappa shape index (κ2) is 9.34. The van der Waals surface area contributed by atoms with Gasteiger partial charge < -0.3 is 10.3 Å². The Labute approximate surface area is 170 Å². The number of hydrogen-bond acceptors (Lipinski definition) is 5. The van der Waals surface area contributed by atoms with Crippen LogP contribution in [0.3, 0.4) is 0 Å². The standard InChI is InChI=1S/C20H22FN3O2S2/c1-12-13(2)28-20-18(12)19(26)23-16(24-20)7-8-17(25)22-9-10-27-11-14-5-3-4-6-15(14)21/h3-6H,7-11H2,1-2H3,(H,22,25)(H,23,24,26). The maximum Gasteiger partial charge on any atom is 0.259 e. The second-order valence-corrected chi connectivity index (χ2v) is 8.78. The first-order valence-electron chi connectivity index (χ1n) is 9.02. The number of fused-ring (bicyclic) bond motifs is 1. The summed E-state index contributed by atoms with van der Waals surface area (Å²) < 4.78 is 13.5. The molecule has 2 heterocycles. The molecule has 28 heavy (non-hydrogen) atoms. The van der Waals surface area contributed by atoms with E-state index in [4.69, 9.17) is 0 Å². The molecule has 0 aliphatic rings. The number of aryl methyl sites for hydroxylation is 3. The molecule has 2 N–H and O–H groups in total. The summed E-state index contributed by atoms with van der Waals surface area (Å²) in [5.74, 6) is 1.52. The summed E-state index contributed by atoms with van der Waals surface area (Å²) in [5.41, 5.74) is 1.49. The zero-order valence-corrected chi connectivity index (χ0v) is 17.4. The summed E-state index contributed by atoms with van der Waals surface area (Å²) in [5, 5.41) is 3.49. The highest BCUT2D eigenvalue weighted by atomic mass is 32.2. The topological polar surface area (TPSA) is 74.8 Å². The number of nitrogens with one attached hydrogen (secondary N) is 2. The maximum atomic E-state index is 13.5. The highest BCUT2D eigenvalue weighted by molar-refractivity contribution is 7.98. The third-order valence-electron chi connectivity index (χ3n) is 4.46. The fraction of sp³-hybridized carbons (Fsp3) is 0.350. The molecule has 0 saturated heterocycles. The van der Waals surface area contributed by atoms with E-state index in [1.165, 1.54) is 17.4 Å². The largest absolute Gasteiger partial charge is 0.355 e. The number of carbonyl (C=O) groups is 1. The Morgan fingerprint density at radius 3 is 2.89 bits per heavy atom. The highest BCUT2D eigenvalue weighted by Gasteiger charge is 2.12. The lowest BCUT2D eigenvalue weighted by atomic mass is 10.2. The lowest BCUT2D eigenvalue weighted by Gasteiger charge is -2.06. The molecule has 0 bridgehead atoms. The van der Waals surface area contributed by atoms with Gasteiger partial charge in [0, 0.05) is 35.8 Å². The SMILES string of the molecule is Cc1sc2nc(CCC(=O)NCCSCc3ccccc3F)[nH]c(=O)c2c1C.